The Bertz CT molecular complexity index is 1230. The van der Waals surface area contributed by atoms with E-state index in [2.05, 4.69) is 10.5 Å². The standard InChI is InChI=1S/C21H19N5O6/c1-13-10-16(12-22-23-21(27)15-4-6-17(7-5-15)25(28)29)14(2)24(13)19-9-8-18(26(30)31)11-20(19)32-3/h4-12H,1-3H3,(H,23,27)/b22-12-. The lowest BCUT2D eigenvalue weighted by molar-refractivity contribution is -0.385. The predicted molar refractivity (Wildman–Crippen MR) is 117 cm³/mol. The molecule has 3 aromatic rings. The fourth-order valence-corrected chi connectivity index (χ4v) is 3.21. The number of carbonyl (C=O) groups excluding carboxylic acids is 1. The molecule has 11 heteroatoms. The van der Waals surface area contributed by atoms with Gasteiger partial charge in [-0.2, -0.15) is 5.10 Å². The van der Waals surface area contributed by atoms with Crippen LogP contribution in [0.2, 0.25) is 0 Å². The zero-order valence-corrected chi connectivity index (χ0v) is 17.4. The van der Waals surface area contributed by atoms with Crippen molar-refractivity contribution in [3.05, 3.63) is 91.3 Å². The van der Waals surface area contributed by atoms with Gasteiger partial charge in [0.05, 0.1) is 34.9 Å². The van der Waals surface area contributed by atoms with E-state index in [0.717, 1.165) is 11.4 Å². The summed E-state index contributed by atoms with van der Waals surface area (Å²) in [5.41, 5.74) is 5.38. The van der Waals surface area contributed by atoms with Gasteiger partial charge < -0.3 is 9.30 Å². The summed E-state index contributed by atoms with van der Waals surface area (Å²) in [6.45, 7) is 3.70. The highest BCUT2D eigenvalue weighted by molar-refractivity contribution is 5.95. The second-order valence-corrected chi connectivity index (χ2v) is 6.78. The van der Waals surface area contributed by atoms with Crippen LogP contribution in [0.4, 0.5) is 11.4 Å². The molecule has 2 aromatic carbocycles. The maximum atomic E-state index is 12.2. The number of non-ortho nitro benzene ring substituents is 2. The minimum absolute atomic E-state index is 0.0798. The molecule has 1 heterocycles. The summed E-state index contributed by atoms with van der Waals surface area (Å²) in [5, 5.41) is 25.7. The van der Waals surface area contributed by atoms with Gasteiger partial charge in [-0.25, -0.2) is 5.43 Å². The van der Waals surface area contributed by atoms with E-state index in [-0.39, 0.29) is 16.9 Å². The van der Waals surface area contributed by atoms with Crippen molar-refractivity contribution in [1.29, 1.82) is 0 Å². The van der Waals surface area contributed by atoms with Gasteiger partial charge in [0.1, 0.15) is 5.75 Å². The number of hydrogen-bond donors (Lipinski definition) is 1. The lowest BCUT2D eigenvalue weighted by Crippen LogP contribution is -2.17. The molecule has 11 nitrogen and oxygen atoms in total. The molecule has 1 amide bonds. The molecular formula is C21H19N5O6. The maximum Gasteiger partial charge on any atom is 0.273 e. The van der Waals surface area contributed by atoms with Crippen LogP contribution in [0.1, 0.15) is 27.3 Å². The number of amides is 1. The molecule has 0 saturated carbocycles. The van der Waals surface area contributed by atoms with Crippen LogP contribution >= 0.6 is 0 Å². The number of nitrogens with zero attached hydrogens (tertiary/aromatic N) is 4. The summed E-state index contributed by atoms with van der Waals surface area (Å²) in [4.78, 5) is 32.9. The van der Waals surface area contributed by atoms with Crippen molar-refractivity contribution in [3.63, 3.8) is 0 Å². The third-order valence-corrected chi connectivity index (χ3v) is 4.80. The van der Waals surface area contributed by atoms with E-state index in [9.17, 15) is 25.0 Å². The fourth-order valence-electron chi connectivity index (χ4n) is 3.21. The van der Waals surface area contributed by atoms with Gasteiger partial charge in [0, 0.05) is 40.7 Å². The van der Waals surface area contributed by atoms with Crippen LogP contribution in [-0.4, -0.2) is 33.6 Å². The molecule has 3 rings (SSSR count). The zero-order valence-electron chi connectivity index (χ0n) is 17.4. The van der Waals surface area contributed by atoms with E-state index in [1.165, 1.54) is 49.7 Å². The number of benzene rings is 2. The lowest BCUT2D eigenvalue weighted by Gasteiger charge is -2.13. The molecule has 164 valence electrons. The number of methoxy groups -OCH3 is 1. The van der Waals surface area contributed by atoms with Gasteiger partial charge in [0.2, 0.25) is 0 Å². The first-order valence-corrected chi connectivity index (χ1v) is 9.32. The SMILES string of the molecule is COc1cc([N+](=O)[O-])ccc1-n1c(C)cc(/C=N\NC(=O)c2ccc([N+](=O)[O-])cc2)c1C. The number of carbonyl (C=O) groups is 1. The molecule has 0 saturated heterocycles. The Morgan fingerprint density at radius 2 is 1.66 bits per heavy atom. The lowest BCUT2D eigenvalue weighted by atomic mass is 10.2. The van der Waals surface area contributed by atoms with Crippen molar-refractivity contribution in [2.24, 2.45) is 5.10 Å². The van der Waals surface area contributed by atoms with Gasteiger partial charge in [0.15, 0.2) is 0 Å². The molecule has 0 aliphatic heterocycles. The largest absolute Gasteiger partial charge is 0.494 e. The molecule has 0 spiro atoms. The highest BCUT2D eigenvalue weighted by atomic mass is 16.6. The molecule has 1 N–H and O–H groups in total. The quantitative estimate of drug-likeness (QED) is 0.339. The number of nitro groups is 2. The molecule has 0 radical (unpaired) electrons. The van der Waals surface area contributed by atoms with E-state index < -0.39 is 15.8 Å². The second kappa shape index (κ2) is 9.08. The molecule has 0 bridgehead atoms. The molecule has 0 fully saturated rings. The third kappa shape index (κ3) is 4.46. The van der Waals surface area contributed by atoms with E-state index in [0.29, 0.717) is 17.0 Å². The summed E-state index contributed by atoms with van der Waals surface area (Å²) in [7, 11) is 1.44. The van der Waals surface area contributed by atoms with Crippen LogP contribution in [0.15, 0.2) is 53.6 Å². The smallest absolute Gasteiger partial charge is 0.273 e. The summed E-state index contributed by atoms with van der Waals surface area (Å²) in [6.07, 6.45) is 1.47. The Balaban J connectivity index is 1.82. The number of ether oxygens (including phenoxy) is 1. The minimum atomic E-state index is -0.546. The van der Waals surface area contributed by atoms with Crippen LogP contribution in [0.5, 0.6) is 5.75 Å². The first-order chi connectivity index (χ1) is 15.2. The zero-order chi connectivity index (χ0) is 23.4. The molecular weight excluding hydrogens is 418 g/mol. The third-order valence-electron chi connectivity index (χ3n) is 4.80. The number of hydrogen-bond acceptors (Lipinski definition) is 7. The number of hydrazone groups is 1. The Morgan fingerprint density at radius 3 is 2.25 bits per heavy atom. The summed E-state index contributed by atoms with van der Waals surface area (Å²) in [6, 6.07) is 11.4. The summed E-state index contributed by atoms with van der Waals surface area (Å²) >= 11 is 0. The van der Waals surface area contributed by atoms with Crippen molar-refractivity contribution < 1.29 is 19.4 Å². The Hall–Kier alpha value is -4.54. The average molecular weight is 437 g/mol. The van der Waals surface area contributed by atoms with Crippen LogP contribution in [0, 0.1) is 34.1 Å². The van der Waals surface area contributed by atoms with Crippen molar-refractivity contribution in [1.82, 2.24) is 9.99 Å². The Kier molecular flexibility index (Phi) is 6.29. The van der Waals surface area contributed by atoms with Crippen LogP contribution < -0.4 is 10.2 Å². The normalized spacial score (nSPS) is 10.8. The fraction of sp³-hybridized carbons (Fsp3) is 0.143. The highest BCUT2D eigenvalue weighted by Gasteiger charge is 2.17. The van der Waals surface area contributed by atoms with E-state index >= 15 is 0 Å². The van der Waals surface area contributed by atoms with Gasteiger partial charge in [0.25, 0.3) is 17.3 Å². The number of rotatable bonds is 7. The molecule has 1 aromatic heterocycles. The van der Waals surface area contributed by atoms with Crippen molar-refractivity contribution in [3.8, 4) is 11.4 Å². The predicted octanol–water partition coefficient (Wildman–Crippen LogP) is 3.68. The summed E-state index contributed by atoms with van der Waals surface area (Å²) < 4.78 is 7.20. The van der Waals surface area contributed by atoms with Gasteiger partial charge in [-0.1, -0.05) is 0 Å². The number of nitrogens with one attached hydrogen (secondary N) is 1. The first-order valence-electron chi connectivity index (χ1n) is 9.32. The molecule has 0 aliphatic carbocycles. The Labute approximate surface area is 182 Å². The number of nitro benzene ring substituents is 2. The monoisotopic (exact) mass is 437 g/mol. The Morgan fingerprint density at radius 1 is 1.03 bits per heavy atom. The van der Waals surface area contributed by atoms with Gasteiger partial charge in [-0.15, -0.1) is 0 Å². The highest BCUT2D eigenvalue weighted by Crippen LogP contribution is 2.31. The number of aryl methyl sites for hydroxylation is 1. The van der Waals surface area contributed by atoms with Gasteiger partial charge in [-0.3, -0.25) is 25.0 Å². The molecule has 0 atom stereocenters. The van der Waals surface area contributed by atoms with Crippen LogP contribution in [-0.2, 0) is 0 Å². The molecule has 32 heavy (non-hydrogen) atoms. The molecule has 0 unspecified atom stereocenters. The van der Waals surface area contributed by atoms with Crippen LogP contribution in [0.25, 0.3) is 5.69 Å². The number of aromatic nitrogens is 1. The average Bonchev–Trinajstić information content (AvgIpc) is 3.06. The van der Waals surface area contributed by atoms with E-state index in [1.807, 2.05) is 24.5 Å². The van der Waals surface area contributed by atoms with Crippen molar-refractivity contribution >= 4 is 23.5 Å². The van der Waals surface area contributed by atoms with Gasteiger partial charge >= 0.3 is 0 Å². The maximum absolute atomic E-state index is 12.2. The van der Waals surface area contributed by atoms with E-state index in [1.54, 1.807) is 6.07 Å². The second-order valence-electron chi connectivity index (χ2n) is 6.78. The van der Waals surface area contributed by atoms with Crippen molar-refractivity contribution in [2.45, 2.75) is 13.8 Å². The minimum Gasteiger partial charge on any atom is -0.494 e. The van der Waals surface area contributed by atoms with Crippen molar-refractivity contribution in [2.75, 3.05) is 7.11 Å². The topological polar surface area (TPSA) is 142 Å². The van der Waals surface area contributed by atoms with E-state index in [4.69, 9.17) is 4.74 Å². The summed E-state index contributed by atoms with van der Waals surface area (Å²) in [5.74, 6) is -0.169. The van der Waals surface area contributed by atoms with Crippen LogP contribution in [0.3, 0.4) is 0 Å². The molecule has 0 aliphatic rings. The van der Waals surface area contributed by atoms with Gasteiger partial charge in [-0.05, 0) is 38.1 Å². The first kappa shape index (κ1) is 22.2.